The predicted octanol–water partition coefficient (Wildman–Crippen LogP) is 2.17. The van der Waals surface area contributed by atoms with Crippen molar-refractivity contribution in [2.45, 2.75) is 19.5 Å². The van der Waals surface area contributed by atoms with Crippen LogP contribution in [0.2, 0.25) is 5.02 Å². The topological polar surface area (TPSA) is 100 Å². The van der Waals surface area contributed by atoms with E-state index in [2.05, 4.69) is 31.8 Å². The minimum Gasteiger partial charge on any atom is -0.381 e. The molecule has 1 N–H and O–H groups in total. The zero-order valence-corrected chi connectivity index (χ0v) is 21.5. The quantitative estimate of drug-likeness (QED) is 0.642. The molecule has 4 heterocycles. The Hall–Kier alpha value is -2.34. The lowest BCUT2D eigenvalue weighted by molar-refractivity contribution is 0.0968. The van der Waals surface area contributed by atoms with E-state index in [9.17, 15) is 13.2 Å². The number of carbonyl (C=O) groups excluding carboxylic acids is 1. The van der Waals surface area contributed by atoms with E-state index < -0.39 is 10.0 Å². The highest BCUT2D eigenvalue weighted by atomic mass is 35.5. The van der Waals surface area contributed by atoms with Gasteiger partial charge in [-0.2, -0.15) is 4.68 Å². The second kappa shape index (κ2) is 9.61. The zero-order valence-electron chi connectivity index (χ0n) is 19.9. The van der Waals surface area contributed by atoms with E-state index >= 15 is 0 Å². The molecule has 2 unspecified atom stereocenters. The molecule has 5 rings (SSSR count). The molecule has 0 radical (unpaired) electrons. The Bertz CT molecular complexity index is 1190. The van der Waals surface area contributed by atoms with Gasteiger partial charge in [0.05, 0.1) is 30.2 Å². The molecular weight excluding hydrogens is 492 g/mol. The first kappa shape index (κ1) is 24.4. The standard InChI is InChI=1S/C23H31ClN6O4S/c1-16-10-27(7-8-29(16)23(31)30-6-5-22(25-30)26-35(2,32)33)11-17-3-4-20(24)21(9-17)28-12-18-14-34-15-19(18)13-28/h3-6,9,16,18-19H,7-8,10-15H2,1-2H3,(H,25,26)/t16-,18?,19?/m1/s1. The molecule has 3 atom stereocenters. The molecule has 3 aliphatic heterocycles. The number of fused-ring (bicyclic) bond motifs is 1. The number of amides is 1. The van der Waals surface area contributed by atoms with Crippen molar-refractivity contribution in [3.8, 4) is 0 Å². The number of rotatable bonds is 5. The molecule has 0 saturated carbocycles. The highest BCUT2D eigenvalue weighted by molar-refractivity contribution is 7.92. The maximum atomic E-state index is 13.0. The average Bonchev–Trinajstić information content (AvgIpc) is 3.50. The van der Waals surface area contributed by atoms with Crippen LogP contribution in [0, 0.1) is 11.8 Å². The van der Waals surface area contributed by atoms with Crippen LogP contribution in [0.4, 0.5) is 16.3 Å². The molecule has 2 aromatic rings. The number of halogens is 1. The van der Waals surface area contributed by atoms with Gasteiger partial charge in [0.1, 0.15) is 0 Å². The monoisotopic (exact) mass is 522 g/mol. The summed E-state index contributed by atoms with van der Waals surface area (Å²) in [6, 6.07) is 7.45. The van der Waals surface area contributed by atoms with Gasteiger partial charge >= 0.3 is 6.03 Å². The van der Waals surface area contributed by atoms with Crippen LogP contribution in [0.15, 0.2) is 30.5 Å². The predicted molar refractivity (Wildman–Crippen MR) is 134 cm³/mol. The number of nitrogens with zero attached hydrogens (tertiary/aromatic N) is 5. The molecule has 1 aromatic carbocycles. The van der Waals surface area contributed by atoms with E-state index in [0.717, 1.165) is 62.9 Å². The summed E-state index contributed by atoms with van der Waals surface area (Å²) < 4.78 is 31.9. The van der Waals surface area contributed by atoms with E-state index in [1.54, 1.807) is 4.90 Å². The van der Waals surface area contributed by atoms with Crippen molar-refractivity contribution >= 4 is 39.2 Å². The summed E-state index contributed by atoms with van der Waals surface area (Å²) in [5.41, 5.74) is 2.30. The molecule has 10 nitrogen and oxygen atoms in total. The summed E-state index contributed by atoms with van der Waals surface area (Å²) >= 11 is 6.57. The number of hydrogen-bond acceptors (Lipinski definition) is 7. The third-order valence-corrected chi connectivity index (χ3v) is 7.93. The molecule has 1 aromatic heterocycles. The van der Waals surface area contributed by atoms with Gasteiger partial charge in [-0.15, -0.1) is 5.10 Å². The highest BCUT2D eigenvalue weighted by Gasteiger charge is 2.38. The van der Waals surface area contributed by atoms with Crippen LogP contribution in [0.5, 0.6) is 0 Å². The Labute approximate surface area is 210 Å². The van der Waals surface area contributed by atoms with E-state index in [0.29, 0.717) is 18.4 Å². The summed E-state index contributed by atoms with van der Waals surface area (Å²) in [7, 11) is -3.45. The molecule has 3 aliphatic rings. The summed E-state index contributed by atoms with van der Waals surface area (Å²) in [5.74, 6) is 1.31. The van der Waals surface area contributed by atoms with Gasteiger partial charge in [0.2, 0.25) is 10.0 Å². The molecule has 0 aliphatic carbocycles. The Morgan fingerprint density at radius 3 is 2.60 bits per heavy atom. The van der Waals surface area contributed by atoms with Crippen molar-refractivity contribution in [1.82, 2.24) is 19.6 Å². The average molecular weight is 523 g/mol. The third kappa shape index (κ3) is 5.42. The van der Waals surface area contributed by atoms with E-state index in [-0.39, 0.29) is 17.9 Å². The first-order valence-electron chi connectivity index (χ1n) is 11.8. The fourth-order valence-corrected chi connectivity index (χ4v) is 6.03. The number of sulfonamides is 1. The van der Waals surface area contributed by atoms with Crippen LogP contribution in [-0.2, 0) is 21.3 Å². The van der Waals surface area contributed by atoms with Gasteiger partial charge < -0.3 is 14.5 Å². The molecule has 35 heavy (non-hydrogen) atoms. The van der Waals surface area contributed by atoms with Crippen LogP contribution >= 0.6 is 11.6 Å². The molecule has 3 fully saturated rings. The smallest absolute Gasteiger partial charge is 0.345 e. The molecule has 1 amide bonds. The van der Waals surface area contributed by atoms with Crippen molar-refractivity contribution < 1.29 is 17.9 Å². The van der Waals surface area contributed by atoms with Gasteiger partial charge in [-0.1, -0.05) is 17.7 Å². The maximum Gasteiger partial charge on any atom is 0.345 e. The zero-order chi connectivity index (χ0) is 24.7. The number of nitrogens with one attached hydrogen (secondary N) is 1. The molecule has 12 heteroatoms. The minimum absolute atomic E-state index is 0.0171. The second-order valence-corrected chi connectivity index (χ2v) is 12.0. The van der Waals surface area contributed by atoms with Crippen LogP contribution in [0.1, 0.15) is 12.5 Å². The lowest BCUT2D eigenvalue weighted by atomic mass is 10.0. The molecule has 0 spiro atoms. The maximum absolute atomic E-state index is 13.0. The van der Waals surface area contributed by atoms with Crippen molar-refractivity contribution in [2.75, 3.05) is 61.8 Å². The van der Waals surface area contributed by atoms with Crippen molar-refractivity contribution in [3.05, 3.63) is 41.0 Å². The second-order valence-electron chi connectivity index (χ2n) is 9.83. The Morgan fingerprint density at radius 2 is 1.91 bits per heavy atom. The van der Waals surface area contributed by atoms with E-state index in [4.69, 9.17) is 16.3 Å². The lowest BCUT2D eigenvalue weighted by Crippen LogP contribution is -2.54. The minimum atomic E-state index is -3.45. The van der Waals surface area contributed by atoms with Crippen LogP contribution < -0.4 is 9.62 Å². The lowest BCUT2D eigenvalue weighted by Gasteiger charge is -2.39. The van der Waals surface area contributed by atoms with Crippen LogP contribution in [0.25, 0.3) is 0 Å². The number of ether oxygens (including phenoxy) is 1. The number of benzene rings is 1. The number of carbonyl (C=O) groups is 1. The normalized spacial score (nSPS) is 25.2. The van der Waals surface area contributed by atoms with Gasteiger partial charge in [0.15, 0.2) is 5.82 Å². The summed E-state index contributed by atoms with van der Waals surface area (Å²) in [6.45, 7) is 8.47. The van der Waals surface area contributed by atoms with Crippen LogP contribution in [-0.4, -0.2) is 92.3 Å². The fourth-order valence-electron chi connectivity index (χ4n) is 5.31. The number of aromatic nitrogens is 2. The first-order chi connectivity index (χ1) is 16.7. The van der Waals surface area contributed by atoms with Gasteiger partial charge in [-0.25, -0.2) is 13.2 Å². The van der Waals surface area contributed by atoms with E-state index in [1.165, 1.54) is 22.5 Å². The summed E-state index contributed by atoms with van der Waals surface area (Å²) in [4.78, 5) is 19.5. The Balaban J connectivity index is 1.20. The Morgan fingerprint density at radius 1 is 1.17 bits per heavy atom. The highest BCUT2D eigenvalue weighted by Crippen LogP contribution is 2.36. The van der Waals surface area contributed by atoms with Crippen molar-refractivity contribution in [3.63, 3.8) is 0 Å². The number of anilines is 2. The van der Waals surface area contributed by atoms with Crippen molar-refractivity contribution in [2.24, 2.45) is 11.8 Å². The number of piperazine rings is 1. The Kier molecular flexibility index (Phi) is 6.69. The molecule has 190 valence electrons. The number of hydrogen-bond donors (Lipinski definition) is 1. The first-order valence-corrected chi connectivity index (χ1v) is 14.1. The summed E-state index contributed by atoms with van der Waals surface area (Å²) in [6.07, 6.45) is 2.52. The van der Waals surface area contributed by atoms with Gasteiger partial charge in [-0.05, 0) is 24.6 Å². The third-order valence-electron chi connectivity index (χ3n) is 7.03. The largest absolute Gasteiger partial charge is 0.381 e. The van der Waals surface area contributed by atoms with Gasteiger partial charge in [-0.3, -0.25) is 9.62 Å². The fraction of sp³-hybridized carbons (Fsp3) is 0.565. The van der Waals surface area contributed by atoms with Gasteiger partial charge in [0.25, 0.3) is 0 Å². The van der Waals surface area contributed by atoms with E-state index in [1.807, 2.05) is 13.0 Å². The van der Waals surface area contributed by atoms with Crippen molar-refractivity contribution in [1.29, 1.82) is 0 Å². The SMILES string of the molecule is C[C@@H]1CN(Cc2ccc(Cl)c(N3CC4COCC4C3)c2)CCN1C(=O)n1ccc(NS(C)(=O)=O)n1. The van der Waals surface area contributed by atoms with Crippen LogP contribution in [0.3, 0.4) is 0 Å². The molecular formula is C23H31ClN6O4S. The molecule has 3 saturated heterocycles. The van der Waals surface area contributed by atoms with Gasteiger partial charge in [0, 0.05) is 69.4 Å². The molecule has 0 bridgehead atoms. The summed E-state index contributed by atoms with van der Waals surface area (Å²) in [5, 5.41) is 4.85.